The van der Waals surface area contributed by atoms with Crippen LogP contribution in [0.3, 0.4) is 0 Å². The van der Waals surface area contributed by atoms with Gasteiger partial charge in [0, 0.05) is 18.2 Å². The maximum atomic E-state index is 12.6. The molecule has 124 valence electrons. The molecule has 2 rings (SSSR count). The molecule has 1 aromatic carbocycles. The van der Waals surface area contributed by atoms with Gasteiger partial charge in [-0.05, 0) is 31.4 Å². The third kappa shape index (κ3) is 4.80. The first-order chi connectivity index (χ1) is 10.8. The summed E-state index contributed by atoms with van der Waals surface area (Å²) in [5, 5.41) is 1.85. The van der Waals surface area contributed by atoms with Gasteiger partial charge in [-0.1, -0.05) is 24.3 Å². The van der Waals surface area contributed by atoms with Crippen LogP contribution >= 0.6 is 11.3 Å². The van der Waals surface area contributed by atoms with Gasteiger partial charge in [0.25, 0.3) is 5.91 Å². The average Bonchev–Trinajstić information content (AvgIpc) is 2.97. The minimum atomic E-state index is -3.62. The van der Waals surface area contributed by atoms with Crippen LogP contribution in [0, 0.1) is 0 Å². The Hall–Kier alpha value is -1.86. The van der Waals surface area contributed by atoms with Gasteiger partial charge in [0.2, 0.25) is 0 Å². The molecule has 0 bridgehead atoms. The Bertz CT molecular complexity index is 767. The minimum Gasteiger partial charge on any atom is -0.382 e. The van der Waals surface area contributed by atoms with Crippen LogP contribution in [0.2, 0.25) is 0 Å². The van der Waals surface area contributed by atoms with Gasteiger partial charge in [-0.25, -0.2) is 0 Å². The summed E-state index contributed by atoms with van der Waals surface area (Å²) in [5.74, 6) is 0.170. The van der Waals surface area contributed by atoms with E-state index in [-0.39, 0.29) is 24.2 Å². The molecular weight excluding hydrogens is 334 g/mol. The van der Waals surface area contributed by atoms with Gasteiger partial charge in [-0.2, -0.15) is 8.42 Å². The van der Waals surface area contributed by atoms with E-state index in [0.717, 1.165) is 6.26 Å². The largest absolute Gasteiger partial charge is 0.382 e. The number of carbonyl (C=O) groups is 1. The number of hydrogen-bond acceptors (Lipinski definition) is 5. The van der Waals surface area contributed by atoms with Crippen molar-refractivity contribution in [1.29, 1.82) is 0 Å². The van der Waals surface area contributed by atoms with Crippen molar-refractivity contribution in [3.63, 3.8) is 0 Å². The summed E-state index contributed by atoms with van der Waals surface area (Å²) in [5.41, 5.74) is 0.650. The smallest absolute Gasteiger partial charge is 0.306 e. The van der Waals surface area contributed by atoms with Crippen LogP contribution in [0.25, 0.3) is 0 Å². The summed E-state index contributed by atoms with van der Waals surface area (Å²) < 4.78 is 27.8. The van der Waals surface area contributed by atoms with E-state index < -0.39 is 10.1 Å². The molecule has 23 heavy (non-hydrogen) atoms. The van der Waals surface area contributed by atoms with Crippen molar-refractivity contribution < 1.29 is 17.4 Å². The Kier molecular flexibility index (Phi) is 5.43. The number of amides is 1. The number of nitrogens with zero attached hydrogens (tertiary/aromatic N) is 1. The highest BCUT2D eigenvalue weighted by Crippen LogP contribution is 2.24. The van der Waals surface area contributed by atoms with Gasteiger partial charge in [0.15, 0.2) is 0 Å². The molecule has 0 spiro atoms. The summed E-state index contributed by atoms with van der Waals surface area (Å²) in [6, 6.07) is 10.4. The van der Waals surface area contributed by atoms with E-state index in [9.17, 15) is 13.2 Å². The van der Waals surface area contributed by atoms with Crippen molar-refractivity contribution in [1.82, 2.24) is 4.90 Å². The normalized spacial score (nSPS) is 11.5. The predicted molar refractivity (Wildman–Crippen MR) is 91.2 cm³/mol. The van der Waals surface area contributed by atoms with Crippen LogP contribution in [-0.2, 0) is 16.7 Å². The van der Waals surface area contributed by atoms with E-state index >= 15 is 0 Å². The van der Waals surface area contributed by atoms with Gasteiger partial charge < -0.3 is 9.08 Å². The minimum absolute atomic E-state index is 0.0316. The first-order valence-electron chi connectivity index (χ1n) is 7.10. The van der Waals surface area contributed by atoms with Crippen molar-refractivity contribution >= 4 is 27.4 Å². The summed E-state index contributed by atoms with van der Waals surface area (Å²) in [6.45, 7) is 4.12. The molecule has 7 heteroatoms. The van der Waals surface area contributed by atoms with Crippen LogP contribution < -0.4 is 4.18 Å². The Morgan fingerprint density at radius 1 is 1.22 bits per heavy atom. The Balaban J connectivity index is 2.29. The Morgan fingerprint density at radius 2 is 1.91 bits per heavy atom. The first kappa shape index (κ1) is 17.5. The molecular formula is C16H19NO4S2. The van der Waals surface area contributed by atoms with E-state index in [1.165, 1.54) is 11.3 Å². The lowest BCUT2D eigenvalue weighted by Gasteiger charge is -2.27. The first-order valence-corrected chi connectivity index (χ1v) is 9.79. The topological polar surface area (TPSA) is 63.7 Å². The summed E-state index contributed by atoms with van der Waals surface area (Å²) in [6.07, 6.45) is 1.00. The fourth-order valence-corrected chi connectivity index (χ4v) is 3.26. The SMILES string of the molecule is CC(C)N(Cc1ccccc1OS(C)(=O)=O)C(=O)c1cccs1. The molecule has 0 saturated heterocycles. The highest BCUT2D eigenvalue weighted by molar-refractivity contribution is 7.86. The second kappa shape index (κ2) is 7.14. The molecule has 0 fully saturated rings. The second-order valence-electron chi connectivity index (χ2n) is 5.40. The maximum absolute atomic E-state index is 12.6. The third-order valence-corrected chi connectivity index (χ3v) is 4.51. The van der Waals surface area contributed by atoms with Crippen molar-refractivity contribution in [2.24, 2.45) is 0 Å². The van der Waals surface area contributed by atoms with Crippen LogP contribution in [0.5, 0.6) is 5.75 Å². The number of rotatable bonds is 6. The lowest BCUT2D eigenvalue weighted by molar-refractivity contribution is 0.0695. The van der Waals surface area contributed by atoms with Crippen LogP contribution in [-0.4, -0.2) is 31.5 Å². The van der Waals surface area contributed by atoms with Crippen molar-refractivity contribution in [2.45, 2.75) is 26.4 Å². The summed E-state index contributed by atoms with van der Waals surface area (Å²) >= 11 is 1.38. The monoisotopic (exact) mass is 353 g/mol. The van der Waals surface area contributed by atoms with Gasteiger partial charge in [-0.3, -0.25) is 4.79 Å². The number of carbonyl (C=O) groups excluding carboxylic acids is 1. The molecule has 0 unspecified atom stereocenters. The molecule has 0 aliphatic rings. The van der Waals surface area contributed by atoms with E-state index in [1.807, 2.05) is 25.3 Å². The molecule has 1 aromatic heterocycles. The zero-order valence-electron chi connectivity index (χ0n) is 13.2. The lowest BCUT2D eigenvalue weighted by atomic mass is 10.1. The van der Waals surface area contributed by atoms with Crippen molar-refractivity contribution in [3.05, 3.63) is 52.2 Å². The summed E-state index contributed by atoms with van der Waals surface area (Å²) in [7, 11) is -3.62. The number of benzene rings is 1. The maximum Gasteiger partial charge on any atom is 0.306 e. The van der Waals surface area contributed by atoms with E-state index in [4.69, 9.17) is 4.18 Å². The lowest BCUT2D eigenvalue weighted by Crippen LogP contribution is -2.36. The molecule has 0 aliphatic heterocycles. The van der Waals surface area contributed by atoms with Crippen LogP contribution in [0.1, 0.15) is 29.1 Å². The predicted octanol–water partition coefficient (Wildman–Crippen LogP) is 3.14. The van der Waals surface area contributed by atoms with E-state index in [1.54, 1.807) is 35.2 Å². The van der Waals surface area contributed by atoms with Crippen LogP contribution in [0.15, 0.2) is 41.8 Å². The van der Waals surface area contributed by atoms with Crippen molar-refractivity contribution in [2.75, 3.05) is 6.26 Å². The number of hydrogen-bond donors (Lipinski definition) is 0. The standard InChI is InChI=1S/C16H19NO4S2/c1-12(2)17(16(18)15-9-6-10-22-15)11-13-7-4-5-8-14(13)21-23(3,19)20/h4-10,12H,11H2,1-3H3. The fourth-order valence-electron chi connectivity index (χ4n) is 2.09. The number of para-hydroxylation sites is 1. The average molecular weight is 353 g/mol. The van der Waals surface area contributed by atoms with Crippen molar-refractivity contribution in [3.8, 4) is 5.75 Å². The Morgan fingerprint density at radius 3 is 2.48 bits per heavy atom. The van der Waals surface area contributed by atoms with Gasteiger partial charge in [0.1, 0.15) is 5.75 Å². The third-order valence-electron chi connectivity index (χ3n) is 3.17. The molecule has 0 atom stereocenters. The molecule has 0 saturated carbocycles. The Labute approximate surface area is 140 Å². The zero-order valence-corrected chi connectivity index (χ0v) is 14.9. The molecule has 1 amide bonds. The highest BCUT2D eigenvalue weighted by Gasteiger charge is 2.22. The molecule has 1 heterocycles. The van der Waals surface area contributed by atoms with Crippen LogP contribution in [0.4, 0.5) is 0 Å². The van der Waals surface area contributed by atoms with Gasteiger partial charge in [0.05, 0.1) is 11.1 Å². The van der Waals surface area contributed by atoms with E-state index in [2.05, 4.69) is 0 Å². The quantitative estimate of drug-likeness (QED) is 0.749. The van der Waals surface area contributed by atoms with E-state index in [0.29, 0.717) is 10.4 Å². The molecule has 5 nitrogen and oxygen atoms in total. The molecule has 0 radical (unpaired) electrons. The number of thiophene rings is 1. The highest BCUT2D eigenvalue weighted by atomic mass is 32.2. The molecule has 0 N–H and O–H groups in total. The second-order valence-corrected chi connectivity index (χ2v) is 7.92. The zero-order chi connectivity index (χ0) is 17.0. The van der Waals surface area contributed by atoms with Gasteiger partial charge in [-0.15, -0.1) is 11.3 Å². The molecule has 0 aliphatic carbocycles. The fraction of sp³-hybridized carbons (Fsp3) is 0.312. The summed E-state index contributed by atoms with van der Waals surface area (Å²) in [4.78, 5) is 15.0. The van der Waals surface area contributed by atoms with Gasteiger partial charge >= 0.3 is 10.1 Å². The molecule has 2 aromatic rings.